The molecule has 0 saturated carbocycles. The third-order valence-electron chi connectivity index (χ3n) is 5.83. The lowest BCUT2D eigenvalue weighted by molar-refractivity contribution is 0.771. The molecule has 1 unspecified atom stereocenters. The Balaban J connectivity index is 2.58. The fourth-order valence-electron chi connectivity index (χ4n) is 4.75. The molecule has 1 aromatic rings. The Morgan fingerprint density at radius 2 is 1.17 bits per heavy atom. The number of rotatable bonds is 8. The average Bonchev–Trinajstić information content (AvgIpc) is 3.18. The molecular formula is C30H28. The van der Waals surface area contributed by atoms with Gasteiger partial charge in [-0.1, -0.05) is 124 Å². The van der Waals surface area contributed by atoms with Gasteiger partial charge in [0.15, 0.2) is 0 Å². The van der Waals surface area contributed by atoms with Gasteiger partial charge in [0.1, 0.15) is 0 Å². The standard InChI is InChI=1S/C30H28/c1-7-12-18-26-22(6)23(10-4)27(19-13-8-2)30(26)28(20-14-9-3)24(11-5)25-17-15-16-21-29(25)30/h7-21H,1-5H2,6H3/b18-12-,19-13-,20-14-. The highest BCUT2D eigenvalue weighted by atomic mass is 14.5. The van der Waals surface area contributed by atoms with Gasteiger partial charge in [0.2, 0.25) is 0 Å². The zero-order valence-corrected chi connectivity index (χ0v) is 17.7. The van der Waals surface area contributed by atoms with Crippen molar-refractivity contribution in [1.29, 1.82) is 0 Å². The average molecular weight is 389 g/mol. The van der Waals surface area contributed by atoms with Crippen LogP contribution in [0.1, 0.15) is 18.1 Å². The summed E-state index contributed by atoms with van der Waals surface area (Å²) in [5, 5.41) is 0. The zero-order valence-electron chi connectivity index (χ0n) is 17.7. The summed E-state index contributed by atoms with van der Waals surface area (Å²) in [6.45, 7) is 22.1. The molecule has 1 spiro atoms. The second-order valence-electron chi connectivity index (χ2n) is 7.18. The van der Waals surface area contributed by atoms with Crippen LogP contribution in [0.2, 0.25) is 0 Å². The zero-order chi connectivity index (χ0) is 21.7. The summed E-state index contributed by atoms with van der Waals surface area (Å²) in [6, 6.07) is 8.58. The maximum Gasteiger partial charge on any atom is 0.0722 e. The number of hydrogen-bond donors (Lipinski definition) is 0. The molecule has 1 aromatic carbocycles. The van der Waals surface area contributed by atoms with Crippen molar-refractivity contribution in [2.24, 2.45) is 0 Å². The molecule has 0 aliphatic heterocycles. The molecule has 148 valence electrons. The monoisotopic (exact) mass is 388 g/mol. The van der Waals surface area contributed by atoms with E-state index >= 15 is 0 Å². The third-order valence-corrected chi connectivity index (χ3v) is 5.83. The van der Waals surface area contributed by atoms with Gasteiger partial charge in [-0.15, -0.1) is 0 Å². The number of benzene rings is 1. The number of allylic oxidation sites excluding steroid dienone is 17. The summed E-state index contributed by atoms with van der Waals surface area (Å²) in [5.74, 6) is 0. The van der Waals surface area contributed by atoms with E-state index in [4.69, 9.17) is 0 Å². The molecule has 3 rings (SSSR count). The van der Waals surface area contributed by atoms with Crippen molar-refractivity contribution in [3.63, 3.8) is 0 Å². The van der Waals surface area contributed by atoms with E-state index in [1.807, 2.05) is 48.6 Å². The van der Waals surface area contributed by atoms with Crippen LogP contribution in [0.4, 0.5) is 0 Å². The van der Waals surface area contributed by atoms with Crippen LogP contribution in [-0.4, -0.2) is 0 Å². The van der Waals surface area contributed by atoms with E-state index in [0.717, 1.165) is 11.1 Å². The van der Waals surface area contributed by atoms with E-state index in [1.165, 1.54) is 33.4 Å². The summed E-state index contributed by atoms with van der Waals surface area (Å²) in [7, 11) is 0. The quantitative estimate of drug-likeness (QED) is 0.397. The van der Waals surface area contributed by atoms with Crippen LogP contribution in [0.5, 0.6) is 0 Å². The van der Waals surface area contributed by atoms with Crippen LogP contribution < -0.4 is 0 Å². The maximum atomic E-state index is 4.15. The summed E-state index contributed by atoms with van der Waals surface area (Å²) in [5.41, 5.74) is 9.04. The van der Waals surface area contributed by atoms with Gasteiger partial charge in [-0.25, -0.2) is 0 Å². The molecule has 2 aliphatic rings. The van der Waals surface area contributed by atoms with Gasteiger partial charge in [0.25, 0.3) is 0 Å². The first-order valence-electron chi connectivity index (χ1n) is 10.1. The molecule has 0 N–H and O–H groups in total. The lowest BCUT2D eigenvalue weighted by atomic mass is 9.67. The molecule has 0 heterocycles. The second-order valence-corrected chi connectivity index (χ2v) is 7.18. The number of fused-ring (bicyclic) bond motifs is 2. The molecular weight excluding hydrogens is 360 g/mol. The van der Waals surface area contributed by atoms with Gasteiger partial charge in [-0.05, 0) is 51.5 Å². The lowest BCUT2D eigenvalue weighted by Gasteiger charge is -2.33. The summed E-state index contributed by atoms with van der Waals surface area (Å²) < 4.78 is 0. The van der Waals surface area contributed by atoms with E-state index in [0.29, 0.717) is 0 Å². The molecule has 0 heteroatoms. The first kappa shape index (κ1) is 21.1. The lowest BCUT2D eigenvalue weighted by Crippen LogP contribution is -2.28. The van der Waals surface area contributed by atoms with Gasteiger partial charge in [0, 0.05) is 0 Å². The Bertz CT molecular complexity index is 1120. The Morgan fingerprint density at radius 3 is 1.70 bits per heavy atom. The van der Waals surface area contributed by atoms with Gasteiger partial charge < -0.3 is 0 Å². The van der Waals surface area contributed by atoms with E-state index < -0.39 is 5.41 Å². The van der Waals surface area contributed by atoms with Crippen LogP contribution in [0.3, 0.4) is 0 Å². The minimum atomic E-state index is -0.466. The van der Waals surface area contributed by atoms with Gasteiger partial charge >= 0.3 is 0 Å². The molecule has 0 aromatic heterocycles. The largest absolute Gasteiger partial charge is 0.0991 e. The van der Waals surface area contributed by atoms with E-state index in [-0.39, 0.29) is 0 Å². The highest BCUT2D eigenvalue weighted by Crippen LogP contribution is 2.61. The van der Waals surface area contributed by atoms with Gasteiger partial charge in [0.05, 0.1) is 5.41 Å². The van der Waals surface area contributed by atoms with Crippen molar-refractivity contribution < 1.29 is 0 Å². The normalized spacial score (nSPS) is 20.8. The van der Waals surface area contributed by atoms with Crippen molar-refractivity contribution in [3.8, 4) is 0 Å². The Hall–Kier alpha value is -3.64. The molecule has 1 atom stereocenters. The van der Waals surface area contributed by atoms with E-state index in [9.17, 15) is 0 Å². The third kappa shape index (κ3) is 2.93. The highest BCUT2D eigenvalue weighted by Gasteiger charge is 2.51. The molecule has 2 aliphatic carbocycles. The summed E-state index contributed by atoms with van der Waals surface area (Å²) in [6.07, 6.45) is 21.8. The van der Waals surface area contributed by atoms with Crippen molar-refractivity contribution in [2.45, 2.75) is 12.3 Å². The number of hydrogen-bond acceptors (Lipinski definition) is 0. The van der Waals surface area contributed by atoms with Crippen LogP contribution in [0.15, 0.2) is 152 Å². The highest BCUT2D eigenvalue weighted by molar-refractivity contribution is 5.94. The predicted octanol–water partition coefficient (Wildman–Crippen LogP) is 7.92. The van der Waals surface area contributed by atoms with Crippen molar-refractivity contribution in [3.05, 3.63) is 163 Å². The van der Waals surface area contributed by atoms with Crippen LogP contribution >= 0.6 is 0 Å². The summed E-state index contributed by atoms with van der Waals surface area (Å²) in [4.78, 5) is 0. The van der Waals surface area contributed by atoms with Gasteiger partial charge in [-0.2, -0.15) is 0 Å². The smallest absolute Gasteiger partial charge is 0.0722 e. The Kier molecular flexibility index (Phi) is 6.18. The SMILES string of the molecule is C=C/C=C\C1=C(C)C(C=C)=C(/C=C\C=C)C12C(/C=C\C=C)=C(C=C)c1ccccc12. The summed E-state index contributed by atoms with van der Waals surface area (Å²) >= 11 is 0. The molecule has 30 heavy (non-hydrogen) atoms. The van der Waals surface area contributed by atoms with E-state index in [1.54, 1.807) is 0 Å². The molecule has 0 nitrogen and oxygen atoms in total. The molecule has 0 bridgehead atoms. The molecule has 0 fully saturated rings. The van der Waals surface area contributed by atoms with Crippen molar-refractivity contribution in [2.75, 3.05) is 0 Å². The minimum Gasteiger partial charge on any atom is -0.0991 e. The molecule has 0 amide bonds. The molecule has 0 saturated heterocycles. The van der Waals surface area contributed by atoms with Crippen LogP contribution in [0.25, 0.3) is 5.57 Å². The van der Waals surface area contributed by atoms with Crippen LogP contribution in [-0.2, 0) is 5.41 Å². The Morgan fingerprint density at radius 1 is 0.667 bits per heavy atom. The second kappa shape index (κ2) is 8.80. The topological polar surface area (TPSA) is 0 Å². The first-order chi connectivity index (χ1) is 14.6. The molecule has 0 radical (unpaired) electrons. The first-order valence-corrected chi connectivity index (χ1v) is 10.1. The maximum absolute atomic E-state index is 4.15. The fourth-order valence-corrected chi connectivity index (χ4v) is 4.75. The van der Waals surface area contributed by atoms with Gasteiger partial charge in [-0.3, -0.25) is 0 Å². The fraction of sp³-hybridized carbons (Fsp3) is 0.0667. The minimum absolute atomic E-state index is 0.466. The Labute approximate surface area is 181 Å². The van der Waals surface area contributed by atoms with Crippen molar-refractivity contribution in [1.82, 2.24) is 0 Å². The predicted molar refractivity (Wildman–Crippen MR) is 133 cm³/mol. The van der Waals surface area contributed by atoms with Crippen LogP contribution in [0, 0.1) is 0 Å². The van der Waals surface area contributed by atoms with E-state index in [2.05, 4.69) is 82.3 Å². The van der Waals surface area contributed by atoms with Crippen molar-refractivity contribution >= 4 is 5.57 Å².